The van der Waals surface area contributed by atoms with E-state index < -0.39 is 0 Å². The summed E-state index contributed by atoms with van der Waals surface area (Å²) in [5.74, 6) is 2.12. The van der Waals surface area contributed by atoms with E-state index in [9.17, 15) is 4.79 Å². The normalized spacial score (nSPS) is 20.4. The molecule has 0 amide bonds. The van der Waals surface area contributed by atoms with Crippen molar-refractivity contribution in [2.45, 2.75) is 51.1 Å². The lowest BCUT2D eigenvalue weighted by Crippen LogP contribution is -2.49. The highest BCUT2D eigenvalue weighted by Gasteiger charge is 2.34. The smallest absolute Gasteiger partial charge is 0.253 e. The van der Waals surface area contributed by atoms with Gasteiger partial charge in [0.2, 0.25) is 6.79 Å². The maximum absolute atomic E-state index is 13.5. The van der Waals surface area contributed by atoms with Crippen molar-refractivity contribution in [3.63, 3.8) is 0 Å². The molecule has 4 heterocycles. The molecule has 2 aromatic heterocycles. The van der Waals surface area contributed by atoms with E-state index in [-0.39, 0.29) is 18.4 Å². The van der Waals surface area contributed by atoms with Gasteiger partial charge in [-0.3, -0.25) is 9.69 Å². The molecule has 2 fully saturated rings. The number of aromatic amines is 1. The Morgan fingerprint density at radius 2 is 1.85 bits per heavy atom. The molecule has 3 aromatic rings. The second-order valence-corrected chi connectivity index (χ2v) is 9.55. The van der Waals surface area contributed by atoms with Crippen molar-refractivity contribution in [2.24, 2.45) is 0 Å². The zero-order valence-electron chi connectivity index (χ0n) is 19.6. The molecule has 1 N–H and O–H groups in total. The SMILES string of the molecule is CCCN1CCN([C@@H](c2cc3cc4c(cc3[nH]c2=O)OCO4)c2nnnn2C2CCCC2)CC1. The molecule has 180 valence electrons. The number of hydrogen-bond donors (Lipinski definition) is 1. The van der Waals surface area contributed by atoms with Gasteiger partial charge >= 0.3 is 0 Å². The van der Waals surface area contributed by atoms with Crippen molar-refractivity contribution in [1.82, 2.24) is 35.0 Å². The molecule has 0 unspecified atom stereocenters. The Morgan fingerprint density at radius 1 is 1.09 bits per heavy atom. The first-order valence-corrected chi connectivity index (χ1v) is 12.4. The van der Waals surface area contributed by atoms with Gasteiger partial charge in [-0.1, -0.05) is 19.8 Å². The van der Waals surface area contributed by atoms with Crippen LogP contribution in [0.3, 0.4) is 0 Å². The van der Waals surface area contributed by atoms with Gasteiger partial charge in [0.1, 0.15) is 6.04 Å². The second-order valence-electron chi connectivity index (χ2n) is 9.55. The fourth-order valence-corrected chi connectivity index (χ4v) is 5.67. The number of fused-ring (bicyclic) bond motifs is 2. The van der Waals surface area contributed by atoms with Gasteiger partial charge in [-0.25, -0.2) is 4.68 Å². The van der Waals surface area contributed by atoms with Gasteiger partial charge in [-0.05, 0) is 48.4 Å². The van der Waals surface area contributed by atoms with E-state index in [0.717, 1.165) is 68.7 Å². The van der Waals surface area contributed by atoms with E-state index in [0.29, 0.717) is 23.1 Å². The quantitative estimate of drug-likeness (QED) is 0.593. The highest BCUT2D eigenvalue weighted by Crippen LogP contribution is 2.37. The van der Waals surface area contributed by atoms with Crippen molar-refractivity contribution < 1.29 is 9.47 Å². The molecule has 6 rings (SSSR count). The lowest BCUT2D eigenvalue weighted by molar-refractivity contribution is 0.103. The Hall–Kier alpha value is -2.98. The number of ether oxygens (including phenoxy) is 2. The lowest BCUT2D eigenvalue weighted by Gasteiger charge is -2.38. The summed E-state index contributed by atoms with van der Waals surface area (Å²) in [5.41, 5.74) is 1.29. The molecule has 0 spiro atoms. The van der Waals surface area contributed by atoms with Gasteiger partial charge in [-0.2, -0.15) is 0 Å². The predicted molar refractivity (Wildman–Crippen MR) is 126 cm³/mol. The minimum atomic E-state index is -0.307. The summed E-state index contributed by atoms with van der Waals surface area (Å²) in [6, 6.07) is 5.74. The summed E-state index contributed by atoms with van der Waals surface area (Å²) in [4.78, 5) is 21.4. The van der Waals surface area contributed by atoms with Crippen LogP contribution in [-0.4, -0.2) is 74.5 Å². The first-order valence-electron chi connectivity index (χ1n) is 12.4. The molecule has 1 saturated heterocycles. The predicted octanol–water partition coefficient (Wildman–Crippen LogP) is 2.48. The molecule has 1 saturated carbocycles. The topological polar surface area (TPSA) is 101 Å². The molecule has 2 aliphatic heterocycles. The van der Waals surface area contributed by atoms with Crippen LogP contribution in [0, 0.1) is 0 Å². The highest BCUT2D eigenvalue weighted by molar-refractivity contribution is 5.83. The van der Waals surface area contributed by atoms with Crippen LogP contribution in [0.5, 0.6) is 11.5 Å². The Kier molecular flexibility index (Phi) is 5.70. The summed E-state index contributed by atoms with van der Waals surface area (Å²) in [6.45, 7) is 7.18. The van der Waals surface area contributed by atoms with Crippen LogP contribution in [0.4, 0.5) is 0 Å². The summed E-state index contributed by atoms with van der Waals surface area (Å²) >= 11 is 0. The standard InChI is InChI=1S/C24H31N7O3/c1-2-7-29-8-10-30(11-9-29)22(23-26-27-28-31(23)17-5-3-4-6-17)18-12-16-13-20-21(34-15-33-20)14-19(16)25-24(18)32/h12-14,17,22H,2-11,15H2,1H3,(H,25,32)/t22-/m0/s1. The van der Waals surface area contributed by atoms with Gasteiger partial charge in [0, 0.05) is 43.2 Å². The zero-order chi connectivity index (χ0) is 23.1. The first kappa shape index (κ1) is 21.5. The second kappa shape index (κ2) is 8.99. The number of H-pyrrole nitrogens is 1. The number of rotatable bonds is 6. The molecule has 10 heteroatoms. The molecule has 34 heavy (non-hydrogen) atoms. The fraction of sp³-hybridized carbons (Fsp3) is 0.583. The zero-order valence-corrected chi connectivity index (χ0v) is 19.6. The fourth-order valence-electron chi connectivity index (χ4n) is 5.67. The maximum Gasteiger partial charge on any atom is 0.253 e. The van der Waals surface area contributed by atoms with Crippen molar-refractivity contribution >= 4 is 10.9 Å². The van der Waals surface area contributed by atoms with E-state index in [1.165, 1.54) is 12.8 Å². The third-order valence-electron chi connectivity index (χ3n) is 7.41. The third kappa shape index (κ3) is 3.84. The van der Waals surface area contributed by atoms with Gasteiger partial charge in [0.25, 0.3) is 5.56 Å². The maximum atomic E-state index is 13.5. The number of piperazine rings is 1. The molecule has 10 nitrogen and oxygen atoms in total. The Balaban J connectivity index is 1.43. The number of tetrazole rings is 1. The number of nitrogens with zero attached hydrogens (tertiary/aromatic N) is 6. The van der Waals surface area contributed by atoms with Crippen LogP contribution in [0.1, 0.15) is 62.5 Å². The minimum Gasteiger partial charge on any atom is -0.454 e. The molecule has 0 radical (unpaired) electrons. The van der Waals surface area contributed by atoms with E-state index >= 15 is 0 Å². The molecule has 1 aliphatic carbocycles. The van der Waals surface area contributed by atoms with Gasteiger partial charge in [0.05, 0.1) is 11.6 Å². The van der Waals surface area contributed by atoms with Crippen molar-refractivity contribution in [3.8, 4) is 11.5 Å². The molecule has 1 aromatic carbocycles. The Bertz CT molecular complexity index is 1230. The average molecular weight is 466 g/mol. The molecular formula is C24H31N7O3. The third-order valence-corrected chi connectivity index (χ3v) is 7.41. The van der Waals surface area contributed by atoms with E-state index in [1.807, 2.05) is 22.9 Å². The number of nitrogens with one attached hydrogen (secondary N) is 1. The van der Waals surface area contributed by atoms with Crippen LogP contribution < -0.4 is 15.0 Å². The molecule has 3 aliphatic rings. The first-order chi connectivity index (χ1) is 16.7. The lowest BCUT2D eigenvalue weighted by atomic mass is 10.0. The molecular weight excluding hydrogens is 434 g/mol. The van der Waals surface area contributed by atoms with Crippen molar-refractivity contribution in [3.05, 3.63) is 39.9 Å². The van der Waals surface area contributed by atoms with Crippen molar-refractivity contribution in [1.29, 1.82) is 0 Å². The van der Waals surface area contributed by atoms with E-state index in [4.69, 9.17) is 9.47 Å². The number of benzene rings is 1. The number of aromatic nitrogens is 5. The van der Waals surface area contributed by atoms with Crippen LogP contribution >= 0.6 is 0 Å². The largest absolute Gasteiger partial charge is 0.454 e. The molecule has 0 bridgehead atoms. The van der Waals surface area contributed by atoms with E-state index in [2.05, 4.69) is 37.2 Å². The summed E-state index contributed by atoms with van der Waals surface area (Å²) < 4.78 is 13.1. The van der Waals surface area contributed by atoms with Crippen LogP contribution in [0.2, 0.25) is 0 Å². The van der Waals surface area contributed by atoms with Crippen LogP contribution in [0.15, 0.2) is 23.0 Å². The average Bonchev–Trinajstić information content (AvgIpc) is 3.61. The van der Waals surface area contributed by atoms with Gasteiger partial charge < -0.3 is 19.4 Å². The minimum absolute atomic E-state index is 0.117. The van der Waals surface area contributed by atoms with Crippen molar-refractivity contribution in [2.75, 3.05) is 39.5 Å². The van der Waals surface area contributed by atoms with Crippen LogP contribution in [0.25, 0.3) is 10.9 Å². The monoisotopic (exact) mass is 465 g/mol. The Morgan fingerprint density at radius 3 is 2.62 bits per heavy atom. The summed E-state index contributed by atoms with van der Waals surface area (Å²) in [7, 11) is 0. The number of pyridine rings is 1. The van der Waals surface area contributed by atoms with Gasteiger partial charge in [0.15, 0.2) is 17.3 Å². The summed E-state index contributed by atoms with van der Waals surface area (Å²) in [5, 5.41) is 13.9. The van der Waals surface area contributed by atoms with E-state index in [1.54, 1.807) is 0 Å². The van der Waals surface area contributed by atoms with Gasteiger partial charge in [-0.15, -0.1) is 5.10 Å². The Labute approximate surface area is 197 Å². The number of hydrogen-bond acceptors (Lipinski definition) is 8. The molecule has 1 atom stereocenters. The van der Waals surface area contributed by atoms with Crippen LogP contribution in [-0.2, 0) is 0 Å². The highest BCUT2D eigenvalue weighted by atomic mass is 16.7. The summed E-state index contributed by atoms with van der Waals surface area (Å²) in [6.07, 6.45) is 5.67.